The van der Waals surface area contributed by atoms with E-state index in [1.165, 1.54) is 11.0 Å². The Labute approximate surface area is 123 Å². The second-order valence-corrected chi connectivity index (χ2v) is 6.86. The third-order valence-electron chi connectivity index (χ3n) is 2.28. The molecule has 1 aromatic rings. The van der Waals surface area contributed by atoms with Gasteiger partial charge in [0.15, 0.2) is 0 Å². The molecule has 1 heterocycles. The number of aryl methyl sites for hydroxylation is 1. The summed E-state index contributed by atoms with van der Waals surface area (Å²) >= 11 is 1.60. The predicted octanol–water partition coefficient (Wildman–Crippen LogP) is 2.92. The van der Waals surface area contributed by atoms with Crippen molar-refractivity contribution in [1.82, 2.24) is 5.32 Å². The van der Waals surface area contributed by atoms with Gasteiger partial charge < -0.3 is 10.1 Å². The number of ether oxygens (including phenoxy) is 1. The second kappa shape index (κ2) is 6.70. The van der Waals surface area contributed by atoms with E-state index in [0.29, 0.717) is 0 Å². The van der Waals surface area contributed by atoms with E-state index in [0.717, 1.165) is 4.88 Å². The number of hydrogen-bond acceptors (Lipinski definition) is 4. The molecule has 0 saturated heterocycles. The Morgan fingerprint density at radius 2 is 2.00 bits per heavy atom. The Morgan fingerprint density at radius 1 is 1.35 bits per heavy atom. The summed E-state index contributed by atoms with van der Waals surface area (Å²) in [4.78, 5) is 25.6. The summed E-state index contributed by atoms with van der Waals surface area (Å²) in [5, 5.41) is 2.58. The van der Waals surface area contributed by atoms with E-state index in [1.807, 2.05) is 19.1 Å². The summed E-state index contributed by atoms with van der Waals surface area (Å²) in [7, 11) is 0. The minimum absolute atomic E-state index is 0.311. The summed E-state index contributed by atoms with van der Waals surface area (Å²) in [6, 6.07) is 3.27. The Bertz CT molecular complexity index is 511. The summed E-state index contributed by atoms with van der Waals surface area (Å²) in [5.74, 6) is -0.749. The highest BCUT2D eigenvalue weighted by Gasteiger charge is 2.22. The molecule has 0 unspecified atom stereocenters. The predicted molar refractivity (Wildman–Crippen MR) is 81.5 cm³/mol. The lowest BCUT2D eigenvalue weighted by molar-refractivity contribution is -0.157. The van der Waals surface area contributed by atoms with Gasteiger partial charge in [-0.3, -0.25) is 4.79 Å². The fraction of sp³-hybridized carbons (Fsp3) is 0.467. The first-order chi connectivity index (χ1) is 9.17. The number of nitrogens with one attached hydrogen (secondary N) is 1. The van der Waals surface area contributed by atoms with Crippen LogP contribution in [0.25, 0.3) is 6.08 Å². The molecule has 0 bridgehead atoms. The van der Waals surface area contributed by atoms with Crippen LogP contribution in [0.1, 0.15) is 37.4 Å². The van der Waals surface area contributed by atoms with Crippen LogP contribution in [0.5, 0.6) is 0 Å². The van der Waals surface area contributed by atoms with Crippen molar-refractivity contribution >= 4 is 29.3 Å². The normalized spacial score (nSPS) is 13.2. The molecule has 5 heteroatoms. The van der Waals surface area contributed by atoms with Crippen molar-refractivity contribution in [2.45, 2.75) is 46.3 Å². The Kier molecular flexibility index (Phi) is 5.51. The van der Waals surface area contributed by atoms with Crippen LogP contribution in [0, 0.1) is 6.92 Å². The molecule has 1 rings (SSSR count). The smallest absolute Gasteiger partial charge is 0.328 e. The van der Waals surface area contributed by atoms with Gasteiger partial charge in [-0.05, 0) is 52.8 Å². The van der Waals surface area contributed by atoms with Gasteiger partial charge in [0.25, 0.3) is 0 Å². The molecule has 0 aliphatic rings. The first-order valence-corrected chi connectivity index (χ1v) is 7.27. The molecule has 1 amide bonds. The lowest BCUT2D eigenvalue weighted by Gasteiger charge is -2.22. The molecule has 0 radical (unpaired) electrons. The van der Waals surface area contributed by atoms with Crippen LogP contribution in [0.4, 0.5) is 0 Å². The molecule has 0 saturated carbocycles. The topological polar surface area (TPSA) is 55.4 Å². The minimum Gasteiger partial charge on any atom is -0.458 e. The fourth-order valence-corrected chi connectivity index (χ4v) is 2.19. The Morgan fingerprint density at radius 3 is 2.50 bits per heavy atom. The summed E-state index contributed by atoms with van der Waals surface area (Å²) in [6.07, 6.45) is 3.15. The molecular weight excluding hydrogens is 274 g/mol. The van der Waals surface area contributed by atoms with Gasteiger partial charge in [-0.25, -0.2) is 4.79 Å². The average Bonchev–Trinajstić information content (AvgIpc) is 2.70. The van der Waals surface area contributed by atoms with Crippen LogP contribution in [-0.4, -0.2) is 23.5 Å². The number of amides is 1. The molecule has 1 aromatic heterocycles. The van der Waals surface area contributed by atoms with Crippen molar-refractivity contribution in [3.63, 3.8) is 0 Å². The maximum atomic E-state index is 11.7. The zero-order valence-electron chi connectivity index (χ0n) is 12.5. The molecule has 0 aliphatic heterocycles. The highest BCUT2D eigenvalue weighted by Crippen LogP contribution is 2.16. The second-order valence-electron chi connectivity index (χ2n) is 5.55. The van der Waals surface area contributed by atoms with Crippen LogP contribution in [-0.2, 0) is 14.3 Å². The quantitative estimate of drug-likeness (QED) is 0.686. The number of carbonyl (C=O) groups excluding carboxylic acids is 2. The molecule has 0 aromatic carbocycles. The molecule has 0 fully saturated rings. The zero-order valence-corrected chi connectivity index (χ0v) is 13.3. The van der Waals surface area contributed by atoms with Crippen molar-refractivity contribution in [2.24, 2.45) is 0 Å². The van der Waals surface area contributed by atoms with E-state index in [1.54, 1.807) is 45.1 Å². The highest BCUT2D eigenvalue weighted by atomic mass is 32.1. The Hall–Kier alpha value is -1.62. The Balaban J connectivity index is 2.49. The van der Waals surface area contributed by atoms with Gasteiger partial charge in [0.05, 0.1) is 0 Å². The molecule has 0 spiro atoms. The van der Waals surface area contributed by atoms with E-state index in [9.17, 15) is 9.59 Å². The van der Waals surface area contributed by atoms with E-state index in [4.69, 9.17) is 4.74 Å². The van der Waals surface area contributed by atoms with Crippen LogP contribution < -0.4 is 5.32 Å². The van der Waals surface area contributed by atoms with Crippen molar-refractivity contribution in [1.29, 1.82) is 0 Å². The molecule has 0 aliphatic carbocycles. The average molecular weight is 295 g/mol. The number of hydrogen-bond donors (Lipinski definition) is 1. The first kappa shape index (κ1) is 16.4. The third kappa shape index (κ3) is 6.02. The van der Waals surface area contributed by atoms with Gasteiger partial charge in [0.2, 0.25) is 5.91 Å². The first-order valence-electron chi connectivity index (χ1n) is 6.45. The van der Waals surface area contributed by atoms with Crippen molar-refractivity contribution < 1.29 is 14.3 Å². The number of thiophene rings is 1. The van der Waals surface area contributed by atoms with Crippen molar-refractivity contribution in [2.75, 3.05) is 0 Å². The molecule has 20 heavy (non-hydrogen) atoms. The van der Waals surface area contributed by atoms with E-state index in [-0.39, 0.29) is 5.91 Å². The highest BCUT2D eigenvalue weighted by molar-refractivity contribution is 7.12. The minimum atomic E-state index is -0.670. The fourth-order valence-electron chi connectivity index (χ4n) is 1.41. The van der Waals surface area contributed by atoms with Crippen molar-refractivity contribution in [3.8, 4) is 0 Å². The maximum absolute atomic E-state index is 11.7. The summed E-state index contributed by atoms with van der Waals surface area (Å²) < 4.78 is 5.19. The van der Waals surface area contributed by atoms with Gasteiger partial charge in [-0.2, -0.15) is 0 Å². The largest absolute Gasteiger partial charge is 0.458 e. The summed E-state index contributed by atoms with van der Waals surface area (Å²) in [6.45, 7) is 8.98. The molecule has 1 N–H and O–H groups in total. The third-order valence-corrected chi connectivity index (χ3v) is 3.25. The number of carbonyl (C=O) groups is 2. The molecule has 4 nitrogen and oxygen atoms in total. The van der Waals surface area contributed by atoms with E-state index >= 15 is 0 Å². The number of rotatable bonds is 4. The number of esters is 1. The lowest BCUT2D eigenvalue weighted by atomic mass is 10.2. The lowest BCUT2D eigenvalue weighted by Crippen LogP contribution is -2.41. The van der Waals surface area contributed by atoms with Crippen LogP contribution in [0.2, 0.25) is 0 Å². The molecular formula is C15H21NO3S. The summed E-state index contributed by atoms with van der Waals surface area (Å²) in [5.41, 5.74) is -0.555. The molecule has 1 atom stereocenters. The van der Waals surface area contributed by atoms with Crippen LogP contribution in [0.3, 0.4) is 0 Å². The maximum Gasteiger partial charge on any atom is 0.328 e. The van der Waals surface area contributed by atoms with E-state index in [2.05, 4.69) is 5.32 Å². The van der Waals surface area contributed by atoms with Gasteiger partial charge >= 0.3 is 5.97 Å². The van der Waals surface area contributed by atoms with Gasteiger partial charge in [-0.1, -0.05) is 0 Å². The van der Waals surface area contributed by atoms with Crippen LogP contribution >= 0.6 is 11.3 Å². The molecule has 110 valence electrons. The van der Waals surface area contributed by atoms with Gasteiger partial charge in [0, 0.05) is 15.8 Å². The van der Waals surface area contributed by atoms with Gasteiger partial charge in [-0.15, -0.1) is 11.3 Å². The zero-order chi connectivity index (χ0) is 15.3. The van der Waals surface area contributed by atoms with Crippen molar-refractivity contribution in [3.05, 3.63) is 28.0 Å². The SMILES string of the molecule is Cc1ccc(/C=C/C(=O)N[C@@H](C)C(=O)OC(C)(C)C)s1. The van der Waals surface area contributed by atoms with Gasteiger partial charge in [0.1, 0.15) is 11.6 Å². The monoisotopic (exact) mass is 295 g/mol. The standard InChI is InChI=1S/C15H21NO3S/c1-10-6-7-12(20-10)8-9-13(17)16-11(2)14(18)19-15(3,4)5/h6-9,11H,1-5H3,(H,16,17)/b9-8+/t11-/m0/s1. The van der Waals surface area contributed by atoms with E-state index < -0.39 is 17.6 Å². The van der Waals surface area contributed by atoms with Crippen LogP contribution in [0.15, 0.2) is 18.2 Å².